The zero-order valence-electron chi connectivity index (χ0n) is 26.0. The Labute approximate surface area is 281 Å². The van der Waals surface area contributed by atoms with Crippen LogP contribution in [0.25, 0.3) is 91.8 Å². The number of hydrogen-bond acceptors (Lipinski definition) is 2. The van der Waals surface area contributed by atoms with E-state index in [0.717, 1.165) is 5.56 Å². The molecule has 224 valence electrons. The van der Waals surface area contributed by atoms with Crippen molar-refractivity contribution in [3.05, 3.63) is 170 Å². The first-order chi connectivity index (χ1) is 23.8. The van der Waals surface area contributed by atoms with Crippen LogP contribution in [0.1, 0.15) is 0 Å². The first kappa shape index (κ1) is 27.1. The number of benzene rings is 7. The maximum atomic E-state index is 4.29. The Morgan fingerprint density at radius 2 is 1.02 bits per heavy atom. The second kappa shape index (κ2) is 10.8. The fourth-order valence-corrected chi connectivity index (χ4v) is 8.75. The second-order valence-corrected chi connectivity index (χ2v) is 13.4. The van der Waals surface area contributed by atoms with E-state index in [2.05, 4.69) is 161 Å². The van der Waals surface area contributed by atoms with E-state index in [1.165, 1.54) is 86.3 Å². The molecule has 0 bridgehead atoms. The summed E-state index contributed by atoms with van der Waals surface area (Å²) in [5, 5.41) is 7.70. The van der Waals surface area contributed by atoms with Crippen molar-refractivity contribution in [1.82, 2.24) is 9.55 Å². The topological polar surface area (TPSA) is 17.8 Å². The number of nitrogens with zero attached hydrogens (tertiary/aromatic N) is 2. The average Bonchev–Trinajstić information content (AvgIpc) is 3.70. The highest BCUT2D eigenvalue weighted by Gasteiger charge is 2.16. The van der Waals surface area contributed by atoms with E-state index in [-0.39, 0.29) is 0 Å². The summed E-state index contributed by atoms with van der Waals surface area (Å²) in [7, 11) is 0. The molecule has 0 N–H and O–H groups in total. The van der Waals surface area contributed by atoms with Crippen molar-refractivity contribution in [1.29, 1.82) is 0 Å². The molecule has 0 spiro atoms. The van der Waals surface area contributed by atoms with Gasteiger partial charge in [-0.25, -0.2) is 0 Å². The Balaban J connectivity index is 1.08. The van der Waals surface area contributed by atoms with Crippen molar-refractivity contribution in [2.75, 3.05) is 0 Å². The summed E-state index contributed by atoms with van der Waals surface area (Å²) in [5.74, 6) is 0. The minimum Gasteiger partial charge on any atom is -0.309 e. The molecule has 2 nitrogen and oxygen atoms in total. The predicted molar refractivity (Wildman–Crippen MR) is 205 cm³/mol. The Hall–Kier alpha value is -6.03. The Morgan fingerprint density at radius 1 is 0.417 bits per heavy atom. The quantitative estimate of drug-likeness (QED) is 0.190. The van der Waals surface area contributed by atoms with E-state index in [1.807, 2.05) is 29.8 Å². The van der Waals surface area contributed by atoms with Crippen LogP contribution in [0.3, 0.4) is 0 Å². The number of fused-ring (bicyclic) bond motifs is 7. The molecule has 0 aliphatic carbocycles. The SMILES string of the molecule is c1cncc(-c2ccc(-c3cccc4c3sc3c(-c5ccc(-n6c7ccccc7c7cc8ccccc8cc76)cc5)cccc34)cc2)c1. The first-order valence-corrected chi connectivity index (χ1v) is 17.1. The molecule has 0 aliphatic heterocycles. The summed E-state index contributed by atoms with van der Waals surface area (Å²) in [6.07, 6.45) is 3.73. The molecule has 0 fully saturated rings. The molecule has 10 aromatic rings. The van der Waals surface area contributed by atoms with Crippen LogP contribution in [0.2, 0.25) is 0 Å². The monoisotopic (exact) mass is 628 g/mol. The molecule has 0 saturated heterocycles. The Kier molecular flexibility index (Phi) is 6.08. The number of aromatic nitrogens is 2. The third-order valence-electron chi connectivity index (χ3n) is 9.69. The molecule has 0 saturated carbocycles. The van der Waals surface area contributed by atoms with E-state index >= 15 is 0 Å². The maximum Gasteiger partial charge on any atom is 0.0547 e. The summed E-state index contributed by atoms with van der Waals surface area (Å²) in [5.41, 5.74) is 10.9. The van der Waals surface area contributed by atoms with Gasteiger partial charge in [-0.1, -0.05) is 121 Å². The molecule has 7 aromatic carbocycles. The lowest BCUT2D eigenvalue weighted by Crippen LogP contribution is -1.93. The van der Waals surface area contributed by atoms with Gasteiger partial charge in [0, 0.05) is 49.0 Å². The van der Waals surface area contributed by atoms with Crippen LogP contribution in [0.15, 0.2) is 170 Å². The van der Waals surface area contributed by atoms with Gasteiger partial charge in [0.2, 0.25) is 0 Å². The van der Waals surface area contributed by atoms with Gasteiger partial charge in [0.05, 0.1) is 11.0 Å². The summed E-state index contributed by atoms with van der Waals surface area (Å²) >= 11 is 1.90. The van der Waals surface area contributed by atoms with Gasteiger partial charge < -0.3 is 4.57 Å². The molecule has 0 aliphatic rings. The van der Waals surface area contributed by atoms with Crippen molar-refractivity contribution >= 4 is 64.1 Å². The molecule has 3 aromatic heterocycles. The van der Waals surface area contributed by atoms with Crippen LogP contribution in [0, 0.1) is 0 Å². The van der Waals surface area contributed by atoms with Gasteiger partial charge in [0.1, 0.15) is 0 Å². The average molecular weight is 629 g/mol. The first-order valence-electron chi connectivity index (χ1n) is 16.3. The molecule has 48 heavy (non-hydrogen) atoms. The lowest BCUT2D eigenvalue weighted by Gasteiger charge is -2.10. The smallest absolute Gasteiger partial charge is 0.0547 e. The third kappa shape index (κ3) is 4.22. The zero-order valence-corrected chi connectivity index (χ0v) is 26.8. The Bertz CT molecular complexity index is 2810. The van der Waals surface area contributed by atoms with Gasteiger partial charge in [0.15, 0.2) is 0 Å². The van der Waals surface area contributed by atoms with Gasteiger partial charge in [-0.15, -0.1) is 11.3 Å². The molecule has 0 amide bonds. The van der Waals surface area contributed by atoms with Crippen molar-refractivity contribution in [3.63, 3.8) is 0 Å². The van der Waals surface area contributed by atoms with Gasteiger partial charge in [0.25, 0.3) is 0 Å². The minimum absolute atomic E-state index is 1.13. The van der Waals surface area contributed by atoms with E-state index in [1.54, 1.807) is 0 Å². The molecular formula is C45H28N2S. The van der Waals surface area contributed by atoms with Gasteiger partial charge in [-0.2, -0.15) is 0 Å². The number of pyridine rings is 1. The normalized spacial score (nSPS) is 11.8. The second-order valence-electron chi connectivity index (χ2n) is 12.4. The fourth-order valence-electron chi connectivity index (χ4n) is 7.37. The lowest BCUT2D eigenvalue weighted by atomic mass is 9.98. The van der Waals surface area contributed by atoms with Crippen molar-refractivity contribution in [2.24, 2.45) is 0 Å². The van der Waals surface area contributed by atoms with Crippen molar-refractivity contribution < 1.29 is 0 Å². The van der Waals surface area contributed by atoms with Gasteiger partial charge in [-0.05, 0) is 80.6 Å². The molecule has 0 radical (unpaired) electrons. The molecule has 0 unspecified atom stereocenters. The Morgan fingerprint density at radius 3 is 1.71 bits per heavy atom. The highest BCUT2D eigenvalue weighted by atomic mass is 32.1. The highest BCUT2D eigenvalue weighted by Crippen LogP contribution is 2.44. The van der Waals surface area contributed by atoms with Crippen LogP contribution in [0.5, 0.6) is 0 Å². The molecule has 3 heteroatoms. The largest absolute Gasteiger partial charge is 0.309 e. The summed E-state index contributed by atoms with van der Waals surface area (Å²) in [4.78, 5) is 4.29. The van der Waals surface area contributed by atoms with Crippen molar-refractivity contribution in [3.8, 4) is 39.1 Å². The van der Waals surface area contributed by atoms with Gasteiger partial charge in [-0.3, -0.25) is 4.98 Å². The number of thiophene rings is 1. The van der Waals surface area contributed by atoms with Crippen LogP contribution >= 0.6 is 11.3 Å². The van der Waals surface area contributed by atoms with Gasteiger partial charge >= 0.3 is 0 Å². The van der Waals surface area contributed by atoms with Crippen LogP contribution in [-0.2, 0) is 0 Å². The van der Waals surface area contributed by atoms with E-state index < -0.39 is 0 Å². The van der Waals surface area contributed by atoms with Crippen LogP contribution in [0.4, 0.5) is 0 Å². The number of hydrogen-bond donors (Lipinski definition) is 0. The molecule has 0 atom stereocenters. The van der Waals surface area contributed by atoms with E-state index in [4.69, 9.17) is 0 Å². The standard InChI is InChI=1S/C45H28N2S/c1-2-9-33-27-43-41(26-32(33)8-1)38-11-3-4-16-42(38)47(43)35-23-21-31(22-24-35)37-13-6-15-40-39-14-5-12-36(44(39)48-45(37)40)30-19-17-29(18-20-30)34-10-7-25-46-28-34/h1-28H. The van der Waals surface area contributed by atoms with E-state index in [9.17, 15) is 0 Å². The minimum atomic E-state index is 1.13. The summed E-state index contributed by atoms with van der Waals surface area (Å²) in [6, 6.07) is 57.6. The van der Waals surface area contributed by atoms with E-state index in [0.29, 0.717) is 0 Å². The fraction of sp³-hybridized carbons (Fsp3) is 0. The molecule has 10 rings (SSSR count). The molecular weight excluding hydrogens is 601 g/mol. The third-order valence-corrected chi connectivity index (χ3v) is 11.0. The summed E-state index contributed by atoms with van der Waals surface area (Å²) in [6.45, 7) is 0. The number of para-hydroxylation sites is 1. The lowest BCUT2D eigenvalue weighted by molar-refractivity contribution is 1.18. The number of rotatable bonds is 4. The van der Waals surface area contributed by atoms with Crippen molar-refractivity contribution in [2.45, 2.75) is 0 Å². The molecule has 3 heterocycles. The van der Waals surface area contributed by atoms with Crippen LogP contribution in [-0.4, -0.2) is 9.55 Å². The predicted octanol–water partition coefficient (Wildman–Crippen LogP) is 12.7. The zero-order chi connectivity index (χ0) is 31.6. The van der Waals surface area contributed by atoms with Crippen LogP contribution < -0.4 is 0 Å². The highest BCUT2D eigenvalue weighted by molar-refractivity contribution is 7.26. The maximum absolute atomic E-state index is 4.29. The summed E-state index contributed by atoms with van der Waals surface area (Å²) < 4.78 is 5.05.